The number of nitrogens with two attached hydrogens (primary N) is 1. The molecule has 0 atom stereocenters. The van der Waals surface area contributed by atoms with E-state index < -0.39 is 0 Å². The van der Waals surface area contributed by atoms with Crippen LogP contribution in [0.4, 0.5) is 4.39 Å². The number of aryl methyl sites for hydroxylation is 1. The zero-order chi connectivity index (χ0) is 12.3. The molecule has 0 saturated heterocycles. The molecule has 0 bridgehead atoms. The minimum Gasteiger partial charge on any atom is -0.369 e. The Balaban J connectivity index is 3.32. The molecule has 1 amide bonds. The average molecular weight is 223 g/mol. The van der Waals surface area contributed by atoms with Crippen LogP contribution >= 0.6 is 0 Å². The van der Waals surface area contributed by atoms with Crippen molar-refractivity contribution in [2.75, 3.05) is 0 Å². The summed E-state index contributed by atoms with van der Waals surface area (Å²) in [6, 6.07) is 2.99. The summed E-state index contributed by atoms with van der Waals surface area (Å²) in [5.74, 6) is -0.424. The van der Waals surface area contributed by atoms with Gasteiger partial charge in [-0.1, -0.05) is 20.8 Å². The van der Waals surface area contributed by atoms with E-state index in [0.717, 1.165) is 16.7 Å². The quantitative estimate of drug-likeness (QED) is 0.837. The molecule has 0 unspecified atom stereocenters. The van der Waals surface area contributed by atoms with Crippen LogP contribution in [0.1, 0.15) is 43.4 Å². The highest BCUT2D eigenvalue weighted by molar-refractivity contribution is 5.77. The van der Waals surface area contributed by atoms with E-state index in [1.54, 1.807) is 0 Å². The second-order valence-corrected chi connectivity index (χ2v) is 4.28. The van der Waals surface area contributed by atoms with E-state index >= 15 is 0 Å². The Bertz CT molecular complexity index is 399. The van der Waals surface area contributed by atoms with Gasteiger partial charge in [-0.3, -0.25) is 4.79 Å². The molecule has 0 aliphatic heterocycles. The van der Waals surface area contributed by atoms with Crippen LogP contribution in [0.25, 0.3) is 0 Å². The largest absolute Gasteiger partial charge is 0.369 e. The predicted molar refractivity (Wildman–Crippen MR) is 62.8 cm³/mol. The molecule has 0 aliphatic carbocycles. The van der Waals surface area contributed by atoms with Crippen LogP contribution in [0.3, 0.4) is 0 Å². The fourth-order valence-electron chi connectivity index (χ4n) is 1.94. The van der Waals surface area contributed by atoms with Crippen LogP contribution in [0.5, 0.6) is 0 Å². The summed E-state index contributed by atoms with van der Waals surface area (Å²) < 4.78 is 13.4. The Hall–Kier alpha value is -1.38. The van der Waals surface area contributed by atoms with Crippen molar-refractivity contribution in [1.82, 2.24) is 0 Å². The summed E-state index contributed by atoms with van der Waals surface area (Å²) in [6.45, 7) is 5.92. The molecule has 1 rings (SSSR count). The van der Waals surface area contributed by atoms with E-state index in [2.05, 4.69) is 0 Å². The number of carbonyl (C=O) groups excluding carboxylic acids is 1. The third kappa shape index (κ3) is 2.81. The van der Waals surface area contributed by atoms with Crippen molar-refractivity contribution in [3.63, 3.8) is 0 Å². The number of amides is 1. The Labute approximate surface area is 95.7 Å². The van der Waals surface area contributed by atoms with Crippen LogP contribution in [-0.2, 0) is 17.6 Å². The normalized spacial score (nSPS) is 10.8. The molecular formula is C13H18FNO. The van der Waals surface area contributed by atoms with Gasteiger partial charge >= 0.3 is 0 Å². The number of halogens is 1. The van der Waals surface area contributed by atoms with Crippen molar-refractivity contribution in [1.29, 1.82) is 0 Å². The van der Waals surface area contributed by atoms with Gasteiger partial charge in [0.05, 0.1) is 6.42 Å². The molecule has 0 spiro atoms. The number of benzene rings is 1. The van der Waals surface area contributed by atoms with Gasteiger partial charge in [-0.25, -0.2) is 4.39 Å². The van der Waals surface area contributed by atoms with E-state index in [4.69, 9.17) is 5.73 Å². The predicted octanol–water partition coefficient (Wildman–Crippen LogP) is 2.54. The lowest BCUT2D eigenvalue weighted by molar-refractivity contribution is -0.117. The van der Waals surface area contributed by atoms with E-state index in [1.165, 1.54) is 12.1 Å². The number of hydrogen-bond donors (Lipinski definition) is 1. The van der Waals surface area contributed by atoms with Crippen molar-refractivity contribution in [3.05, 3.63) is 34.6 Å². The topological polar surface area (TPSA) is 43.1 Å². The summed E-state index contributed by atoms with van der Waals surface area (Å²) in [5.41, 5.74) is 7.88. The van der Waals surface area contributed by atoms with Crippen molar-refractivity contribution < 1.29 is 9.18 Å². The molecule has 1 aromatic rings. The van der Waals surface area contributed by atoms with Gasteiger partial charge in [-0.2, -0.15) is 0 Å². The zero-order valence-electron chi connectivity index (χ0n) is 10.0. The fraction of sp³-hybridized carbons (Fsp3) is 0.462. The Kier molecular flexibility index (Phi) is 4.05. The summed E-state index contributed by atoms with van der Waals surface area (Å²) in [7, 11) is 0. The van der Waals surface area contributed by atoms with Crippen molar-refractivity contribution in [2.45, 2.75) is 39.5 Å². The Morgan fingerprint density at radius 3 is 2.50 bits per heavy atom. The lowest BCUT2D eigenvalue weighted by atomic mass is 9.90. The van der Waals surface area contributed by atoms with Crippen LogP contribution in [0.15, 0.2) is 12.1 Å². The van der Waals surface area contributed by atoms with Gasteiger partial charge in [0.1, 0.15) is 5.82 Å². The van der Waals surface area contributed by atoms with E-state index in [9.17, 15) is 9.18 Å². The monoisotopic (exact) mass is 223 g/mol. The number of carbonyl (C=O) groups is 1. The van der Waals surface area contributed by atoms with Gasteiger partial charge in [-0.05, 0) is 41.2 Å². The van der Waals surface area contributed by atoms with Crippen LogP contribution < -0.4 is 5.73 Å². The molecule has 16 heavy (non-hydrogen) atoms. The molecule has 0 aliphatic rings. The standard InChI is InChI=1S/C13H18FNO/c1-4-9-5-10(14)6-11(8(2)3)12(9)7-13(15)16/h5-6,8H,4,7H2,1-3H3,(H2,15,16). The zero-order valence-corrected chi connectivity index (χ0v) is 10.0. The van der Waals surface area contributed by atoms with Gasteiger partial charge in [0.15, 0.2) is 0 Å². The second kappa shape index (κ2) is 5.10. The smallest absolute Gasteiger partial charge is 0.221 e. The summed E-state index contributed by atoms with van der Waals surface area (Å²) in [6.07, 6.45) is 0.900. The maximum absolute atomic E-state index is 13.4. The molecule has 0 heterocycles. The third-order valence-electron chi connectivity index (χ3n) is 2.70. The van der Waals surface area contributed by atoms with Gasteiger partial charge in [-0.15, -0.1) is 0 Å². The molecular weight excluding hydrogens is 205 g/mol. The molecule has 3 heteroatoms. The number of rotatable bonds is 4. The SMILES string of the molecule is CCc1cc(F)cc(C(C)C)c1CC(N)=O. The van der Waals surface area contributed by atoms with Gasteiger partial charge in [0, 0.05) is 0 Å². The number of hydrogen-bond acceptors (Lipinski definition) is 1. The molecule has 2 N–H and O–H groups in total. The molecule has 0 fully saturated rings. The van der Waals surface area contributed by atoms with Crippen LogP contribution in [0.2, 0.25) is 0 Å². The van der Waals surface area contributed by atoms with E-state index in [-0.39, 0.29) is 24.1 Å². The van der Waals surface area contributed by atoms with Gasteiger partial charge < -0.3 is 5.73 Å². The van der Waals surface area contributed by atoms with Gasteiger partial charge in [0.25, 0.3) is 0 Å². The molecule has 1 aromatic carbocycles. The van der Waals surface area contributed by atoms with Crippen LogP contribution in [-0.4, -0.2) is 5.91 Å². The first-order valence-corrected chi connectivity index (χ1v) is 5.55. The highest BCUT2D eigenvalue weighted by Crippen LogP contribution is 2.25. The lowest BCUT2D eigenvalue weighted by Crippen LogP contribution is -2.17. The Morgan fingerprint density at radius 2 is 2.06 bits per heavy atom. The maximum atomic E-state index is 13.4. The summed E-state index contributed by atoms with van der Waals surface area (Å²) in [5, 5.41) is 0. The second-order valence-electron chi connectivity index (χ2n) is 4.28. The highest BCUT2D eigenvalue weighted by Gasteiger charge is 2.14. The maximum Gasteiger partial charge on any atom is 0.221 e. The lowest BCUT2D eigenvalue weighted by Gasteiger charge is -2.16. The van der Waals surface area contributed by atoms with E-state index in [0.29, 0.717) is 6.42 Å². The van der Waals surface area contributed by atoms with Crippen molar-refractivity contribution in [3.8, 4) is 0 Å². The fourth-order valence-corrected chi connectivity index (χ4v) is 1.94. The van der Waals surface area contributed by atoms with Crippen molar-refractivity contribution >= 4 is 5.91 Å². The van der Waals surface area contributed by atoms with Crippen molar-refractivity contribution in [2.24, 2.45) is 5.73 Å². The first-order valence-electron chi connectivity index (χ1n) is 5.55. The molecule has 2 nitrogen and oxygen atoms in total. The first-order chi connectivity index (χ1) is 7.45. The van der Waals surface area contributed by atoms with Gasteiger partial charge in [0.2, 0.25) is 5.91 Å². The summed E-state index contributed by atoms with van der Waals surface area (Å²) in [4.78, 5) is 11.0. The Morgan fingerprint density at radius 1 is 1.44 bits per heavy atom. The third-order valence-corrected chi connectivity index (χ3v) is 2.70. The minimum atomic E-state index is -0.372. The molecule has 88 valence electrons. The van der Waals surface area contributed by atoms with E-state index in [1.807, 2.05) is 20.8 Å². The average Bonchev–Trinajstić information content (AvgIpc) is 2.19. The molecule has 0 aromatic heterocycles. The summed E-state index contributed by atoms with van der Waals surface area (Å²) >= 11 is 0. The minimum absolute atomic E-state index is 0.190. The highest BCUT2D eigenvalue weighted by atomic mass is 19.1. The number of primary amides is 1. The first kappa shape index (κ1) is 12.7. The molecule has 0 radical (unpaired) electrons. The van der Waals surface area contributed by atoms with Crippen LogP contribution in [0, 0.1) is 5.82 Å². The molecule has 0 saturated carbocycles.